The summed E-state index contributed by atoms with van der Waals surface area (Å²) >= 11 is 0. The summed E-state index contributed by atoms with van der Waals surface area (Å²) in [5.41, 5.74) is -0.745. The fourth-order valence-corrected chi connectivity index (χ4v) is 6.95. The maximum absolute atomic E-state index is 14.3. The molecule has 2 heterocycles. The van der Waals surface area contributed by atoms with Gasteiger partial charge in [-0.25, -0.2) is 14.4 Å². The second-order valence-electron chi connectivity index (χ2n) is 15.1. The zero-order chi connectivity index (χ0) is 37.7. The van der Waals surface area contributed by atoms with Crippen molar-refractivity contribution in [2.24, 2.45) is 11.8 Å². The number of benzene rings is 1. The Morgan fingerprint density at radius 3 is 2.25 bits per heavy atom. The Kier molecular flexibility index (Phi) is 12.5. The lowest BCUT2D eigenvalue weighted by Crippen LogP contribution is -2.57. The molecule has 282 valence electrons. The molecule has 0 aromatic heterocycles. The topological polar surface area (TPSA) is 184 Å². The number of phenolic OH excluding ortho intramolecular Hbond substituents is 2. The van der Waals surface area contributed by atoms with E-state index in [1.54, 1.807) is 27.7 Å². The number of allylic oxidation sites excluding steroid dienone is 1. The molecule has 0 spiro atoms. The lowest BCUT2D eigenvalue weighted by Gasteiger charge is -2.30. The number of nitrogens with one attached hydrogen (secondary N) is 2. The SMILES string of the molecule is C=CCCCCC[C@H](NC(=O)OC(C)(C)C)C(=O)N1C[C@H](OC(=O)N2Cc3cc(O)c(O)cc3C2)C[C@H]1C(=O)N[C@]1(C(=O)OCC)C[C@H]1C(C)C. The molecule has 2 aliphatic heterocycles. The van der Waals surface area contributed by atoms with Gasteiger partial charge in [0.05, 0.1) is 13.2 Å². The number of nitrogens with zero attached hydrogens (tertiary/aromatic N) is 2. The van der Waals surface area contributed by atoms with Gasteiger partial charge >= 0.3 is 18.2 Å². The molecule has 1 saturated heterocycles. The molecule has 51 heavy (non-hydrogen) atoms. The first-order valence-corrected chi connectivity index (χ1v) is 17.9. The van der Waals surface area contributed by atoms with Crippen molar-refractivity contribution < 1.29 is 48.4 Å². The molecule has 2 fully saturated rings. The Morgan fingerprint density at radius 2 is 1.71 bits per heavy atom. The number of ether oxygens (including phenoxy) is 3. The molecule has 1 aliphatic carbocycles. The largest absolute Gasteiger partial charge is 0.504 e. The number of amides is 4. The molecular weight excluding hydrogens is 660 g/mol. The monoisotopic (exact) mass is 714 g/mol. The molecule has 14 nitrogen and oxygen atoms in total. The van der Waals surface area contributed by atoms with E-state index in [0.717, 1.165) is 19.3 Å². The van der Waals surface area contributed by atoms with Crippen LogP contribution in [0, 0.1) is 11.8 Å². The van der Waals surface area contributed by atoms with E-state index in [1.807, 2.05) is 19.9 Å². The molecule has 1 aromatic carbocycles. The lowest BCUT2D eigenvalue weighted by molar-refractivity contribution is -0.150. The summed E-state index contributed by atoms with van der Waals surface area (Å²) in [7, 11) is 0. The van der Waals surface area contributed by atoms with Crippen molar-refractivity contribution in [2.75, 3.05) is 13.2 Å². The molecule has 4 N–H and O–H groups in total. The second kappa shape index (κ2) is 16.2. The predicted octanol–water partition coefficient (Wildman–Crippen LogP) is 4.64. The summed E-state index contributed by atoms with van der Waals surface area (Å²) in [6.07, 6.45) is 3.12. The van der Waals surface area contributed by atoms with Crippen LogP contribution in [-0.4, -0.2) is 92.5 Å². The molecular formula is C37H54N4O10. The van der Waals surface area contributed by atoms with Gasteiger partial charge in [-0.05, 0) is 88.5 Å². The molecule has 5 atom stereocenters. The van der Waals surface area contributed by atoms with Crippen LogP contribution in [0.1, 0.15) is 97.6 Å². The average Bonchev–Trinajstić information content (AvgIpc) is 3.40. The van der Waals surface area contributed by atoms with Gasteiger partial charge in [0.2, 0.25) is 11.8 Å². The number of fused-ring (bicyclic) bond motifs is 1. The number of hydrogen-bond acceptors (Lipinski definition) is 10. The van der Waals surface area contributed by atoms with E-state index in [-0.39, 0.29) is 62.4 Å². The van der Waals surface area contributed by atoms with Crippen LogP contribution < -0.4 is 10.6 Å². The maximum Gasteiger partial charge on any atom is 0.410 e. The molecule has 3 aliphatic rings. The quantitative estimate of drug-likeness (QED) is 0.0696. The van der Waals surface area contributed by atoms with Crippen molar-refractivity contribution in [2.45, 2.75) is 129 Å². The normalized spacial score (nSPS) is 22.9. The zero-order valence-electron chi connectivity index (χ0n) is 30.7. The minimum atomic E-state index is -1.23. The maximum atomic E-state index is 14.3. The van der Waals surface area contributed by atoms with E-state index >= 15 is 0 Å². The van der Waals surface area contributed by atoms with Gasteiger partial charge < -0.3 is 40.0 Å². The highest BCUT2D eigenvalue weighted by atomic mass is 16.6. The van der Waals surface area contributed by atoms with Crippen LogP contribution >= 0.6 is 0 Å². The minimum Gasteiger partial charge on any atom is -0.504 e. The zero-order valence-corrected chi connectivity index (χ0v) is 30.7. The van der Waals surface area contributed by atoms with E-state index in [1.165, 1.54) is 21.9 Å². The highest BCUT2D eigenvalue weighted by Crippen LogP contribution is 2.49. The lowest BCUT2D eigenvalue weighted by atomic mass is 10.0. The number of likely N-dealkylation sites (tertiary alicyclic amines) is 1. The summed E-state index contributed by atoms with van der Waals surface area (Å²) in [4.78, 5) is 70.6. The highest BCUT2D eigenvalue weighted by molar-refractivity contribution is 5.96. The summed E-state index contributed by atoms with van der Waals surface area (Å²) in [5.74, 6) is -2.34. The van der Waals surface area contributed by atoms with Crippen molar-refractivity contribution in [1.82, 2.24) is 20.4 Å². The van der Waals surface area contributed by atoms with Gasteiger partial charge in [0, 0.05) is 19.5 Å². The van der Waals surface area contributed by atoms with Crippen LogP contribution in [0.15, 0.2) is 24.8 Å². The Morgan fingerprint density at radius 1 is 1.06 bits per heavy atom. The van der Waals surface area contributed by atoms with Crippen molar-refractivity contribution >= 4 is 30.0 Å². The molecule has 1 aromatic rings. The van der Waals surface area contributed by atoms with Crippen molar-refractivity contribution in [3.05, 3.63) is 35.9 Å². The summed E-state index contributed by atoms with van der Waals surface area (Å²) in [6, 6.07) is 0.629. The van der Waals surface area contributed by atoms with E-state index in [0.29, 0.717) is 24.0 Å². The van der Waals surface area contributed by atoms with E-state index < -0.39 is 59.3 Å². The number of carbonyl (C=O) groups excluding carboxylic acids is 5. The number of aromatic hydroxyl groups is 2. The summed E-state index contributed by atoms with van der Waals surface area (Å²) < 4.78 is 16.7. The van der Waals surface area contributed by atoms with Crippen LogP contribution in [0.4, 0.5) is 9.59 Å². The van der Waals surface area contributed by atoms with Crippen molar-refractivity contribution in [3.8, 4) is 11.5 Å². The Hall–Kier alpha value is -4.49. The third kappa shape index (κ3) is 9.65. The van der Waals surface area contributed by atoms with E-state index in [9.17, 15) is 34.2 Å². The van der Waals surface area contributed by atoms with Crippen molar-refractivity contribution in [3.63, 3.8) is 0 Å². The Balaban J connectivity index is 1.57. The molecule has 1 saturated carbocycles. The number of phenols is 2. The first-order valence-electron chi connectivity index (χ1n) is 17.9. The standard InChI is InChI=1S/C37H54N4O10/c1-8-10-11-12-13-14-27(38-34(47)51-36(5,6)7)32(45)41-21-25(50-35(48)40-19-23-15-29(42)30(43)16-24(23)20-40)17-28(41)31(44)39-37(33(46)49-9-2)18-26(37)22(3)4/h8,15-16,22,25-28,42-43H,1,9-14,17-21H2,2-7H3,(H,38,47)(H,39,44)/t25-,26+,27+,28+,37-/m1/s1. The Labute approximate surface area is 299 Å². The molecule has 4 rings (SSSR count). The number of rotatable bonds is 14. The van der Waals surface area contributed by atoms with E-state index in [4.69, 9.17) is 14.2 Å². The Bertz CT molecular complexity index is 1460. The fourth-order valence-electron chi connectivity index (χ4n) is 6.95. The van der Waals surface area contributed by atoms with Gasteiger partial charge in [-0.2, -0.15) is 0 Å². The summed E-state index contributed by atoms with van der Waals surface area (Å²) in [6.45, 7) is 14.8. The minimum absolute atomic E-state index is 0.0462. The first kappa shape index (κ1) is 39.3. The van der Waals surface area contributed by atoms with Gasteiger partial charge in [0.15, 0.2) is 11.5 Å². The molecule has 0 bridgehead atoms. The van der Waals surface area contributed by atoms with Gasteiger partial charge in [0.25, 0.3) is 0 Å². The fraction of sp³-hybridized carbons (Fsp3) is 0.649. The van der Waals surface area contributed by atoms with Crippen LogP contribution in [0.2, 0.25) is 0 Å². The van der Waals surface area contributed by atoms with Crippen molar-refractivity contribution in [1.29, 1.82) is 0 Å². The number of carbonyl (C=O) groups is 5. The third-order valence-corrected chi connectivity index (χ3v) is 9.59. The number of esters is 1. The second-order valence-corrected chi connectivity index (χ2v) is 15.1. The van der Waals surface area contributed by atoms with Crippen LogP contribution in [-0.2, 0) is 41.7 Å². The van der Waals surface area contributed by atoms with Crippen LogP contribution in [0.25, 0.3) is 0 Å². The molecule has 4 amide bonds. The smallest absolute Gasteiger partial charge is 0.410 e. The van der Waals surface area contributed by atoms with E-state index in [2.05, 4.69) is 17.2 Å². The number of hydrogen-bond donors (Lipinski definition) is 4. The van der Waals surface area contributed by atoms with Gasteiger partial charge in [-0.1, -0.05) is 32.8 Å². The molecule has 0 unspecified atom stereocenters. The summed E-state index contributed by atoms with van der Waals surface area (Å²) in [5, 5.41) is 25.4. The average molecular weight is 715 g/mol. The first-order chi connectivity index (χ1) is 24.0. The van der Waals surface area contributed by atoms with Crippen LogP contribution in [0.3, 0.4) is 0 Å². The third-order valence-electron chi connectivity index (χ3n) is 9.59. The van der Waals surface area contributed by atoms with Gasteiger partial charge in [-0.15, -0.1) is 6.58 Å². The van der Waals surface area contributed by atoms with Gasteiger partial charge in [-0.3, -0.25) is 14.5 Å². The predicted molar refractivity (Wildman–Crippen MR) is 186 cm³/mol. The number of unbranched alkanes of at least 4 members (excludes halogenated alkanes) is 3. The molecule has 0 radical (unpaired) electrons. The number of alkyl carbamates (subject to hydrolysis) is 1. The van der Waals surface area contributed by atoms with Gasteiger partial charge in [0.1, 0.15) is 29.3 Å². The highest BCUT2D eigenvalue weighted by Gasteiger charge is 2.64. The molecule has 14 heteroatoms. The van der Waals surface area contributed by atoms with Crippen LogP contribution in [0.5, 0.6) is 11.5 Å².